The van der Waals surface area contributed by atoms with Crippen LogP contribution in [-0.2, 0) is 11.3 Å². The highest BCUT2D eigenvalue weighted by molar-refractivity contribution is 5.99. The number of carbonyl (C=O) groups is 1. The number of amides is 1. The lowest BCUT2D eigenvalue weighted by molar-refractivity contribution is 0.0963. The number of carbonyl (C=O) groups excluding carboxylic acids is 1. The lowest BCUT2D eigenvalue weighted by Crippen LogP contribution is -2.36. The van der Waals surface area contributed by atoms with Crippen molar-refractivity contribution in [3.63, 3.8) is 0 Å². The zero-order valence-electron chi connectivity index (χ0n) is 18.2. The highest BCUT2D eigenvalue weighted by Crippen LogP contribution is 2.25. The Morgan fingerprint density at radius 3 is 2.42 bits per heavy atom. The smallest absolute Gasteiger partial charge is 0.254 e. The molecule has 1 saturated heterocycles. The second-order valence-electron chi connectivity index (χ2n) is 7.60. The largest absolute Gasteiger partial charge is 0.380 e. The Morgan fingerprint density at radius 2 is 1.76 bits per heavy atom. The number of benzene rings is 2. The highest BCUT2D eigenvalue weighted by Gasteiger charge is 2.14. The van der Waals surface area contributed by atoms with Crippen LogP contribution in [0, 0.1) is 11.6 Å². The van der Waals surface area contributed by atoms with Gasteiger partial charge in [-0.25, -0.2) is 13.8 Å². The predicted molar refractivity (Wildman–Crippen MR) is 124 cm³/mol. The van der Waals surface area contributed by atoms with E-state index in [2.05, 4.69) is 25.8 Å². The third-order valence-electron chi connectivity index (χ3n) is 5.30. The van der Waals surface area contributed by atoms with Gasteiger partial charge in [-0.1, -0.05) is 0 Å². The molecule has 2 aromatic carbocycles. The highest BCUT2D eigenvalue weighted by atomic mass is 19.1. The molecule has 1 aromatic heterocycles. The Hall–Kier alpha value is -3.72. The van der Waals surface area contributed by atoms with Crippen molar-refractivity contribution in [1.29, 1.82) is 0 Å². The molecule has 33 heavy (non-hydrogen) atoms. The zero-order chi connectivity index (χ0) is 23.2. The maximum Gasteiger partial charge on any atom is 0.254 e. The monoisotopic (exact) mass is 453 g/mol. The number of pyridine rings is 1. The molecular formula is C24H25F2N5O2. The van der Waals surface area contributed by atoms with Gasteiger partial charge < -0.3 is 25.6 Å². The van der Waals surface area contributed by atoms with E-state index in [0.717, 1.165) is 43.7 Å². The van der Waals surface area contributed by atoms with Crippen LogP contribution in [0.3, 0.4) is 0 Å². The predicted octanol–water partition coefficient (Wildman–Crippen LogP) is 3.91. The summed E-state index contributed by atoms with van der Waals surface area (Å²) in [6, 6.07) is 13.0. The van der Waals surface area contributed by atoms with Crippen molar-refractivity contribution < 1.29 is 18.3 Å². The van der Waals surface area contributed by atoms with Gasteiger partial charge in [0.2, 0.25) is 0 Å². The second-order valence-corrected chi connectivity index (χ2v) is 7.60. The van der Waals surface area contributed by atoms with Crippen molar-refractivity contribution in [3.05, 3.63) is 77.5 Å². The van der Waals surface area contributed by atoms with Gasteiger partial charge in [0.05, 0.1) is 24.5 Å². The Bertz CT molecular complexity index is 1100. The third kappa shape index (κ3) is 5.75. The van der Waals surface area contributed by atoms with Crippen LogP contribution in [0.4, 0.5) is 31.7 Å². The van der Waals surface area contributed by atoms with Crippen LogP contribution in [0.2, 0.25) is 0 Å². The molecule has 0 saturated carbocycles. The van der Waals surface area contributed by atoms with E-state index in [0.29, 0.717) is 22.6 Å². The van der Waals surface area contributed by atoms with Crippen LogP contribution in [0.1, 0.15) is 15.9 Å². The maximum atomic E-state index is 13.5. The number of nitrogens with zero attached hydrogens (tertiary/aromatic N) is 2. The Morgan fingerprint density at radius 1 is 1.06 bits per heavy atom. The fourth-order valence-corrected chi connectivity index (χ4v) is 3.62. The summed E-state index contributed by atoms with van der Waals surface area (Å²) >= 11 is 0. The molecule has 9 heteroatoms. The van der Waals surface area contributed by atoms with Crippen LogP contribution >= 0.6 is 0 Å². The molecule has 2 heterocycles. The number of nitrogens with one attached hydrogen (secondary N) is 3. The van der Waals surface area contributed by atoms with Crippen molar-refractivity contribution in [2.24, 2.45) is 0 Å². The summed E-state index contributed by atoms with van der Waals surface area (Å²) in [5, 5.41) is 8.89. The number of ether oxygens (including phenoxy) is 1. The maximum absolute atomic E-state index is 13.5. The molecule has 7 nitrogen and oxygen atoms in total. The Balaban J connectivity index is 1.50. The minimum absolute atomic E-state index is 0.135. The average Bonchev–Trinajstić information content (AvgIpc) is 2.83. The van der Waals surface area contributed by atoms with Crippen LogP contribution in [0.25, 0.3) is 0 Å². The number of aromatic nitrogens is 1. The zero-order valence-corrected chi connectivity index (χ0v) is 18.2. The number of morpholine rings is 1. The summed E-state index contributed by atoms with van der Waals surface area (Å²) in [6.45, 7) is 3.30. The van der Waals surface area contributed by atoms with Gasteiger partial charge in [0.1, 0.15) is 17.5 Å². The van der Waals surface area contributed by atoms with Crippen molar-refractivity contribution >= 4 is 28.8 Å². The van der Waals surface area contributed by atoms with Gasteiger partial charge in [0.25, 0.3) is 5.91 Å². The van der Waals surface area contributed by atoms with E-state index in [-0.39, 0.29) is 12.5 Å². The van der Waals surface area contributed by atoms with E-state index >= 15 is 0 Å². The SMILES string of the molecule is CNC(=O)c1cnc(Nc2ccc(N3CCOCC3)cc2)cc1NCc1cc(F)cc(F)c1. The minimum Gasteiger partial charge on any atom is -0.380 e. The Kier molecular flexibility index (Phi) is 6.99. The van der Waals surface area contributed by atoms with Gasteiger partial charge in [-0.3, -0.25) is 4.79 Å². The van der Waals surface area contributed by atoms with Crippen LogP contribution in [0.15, 0.2) is 54.7 Å². The first-order valence-electron chi connectivity index (χ1n) is 10.6. The molecule has 4 rings (SSSR count). The summed E-state index contributed by atoms with van der Waals surface area (Å²) in [5.74, 6) is -1.11. The first-order chi connectivity index (χ1) is 16.0. The van der Waals surface area contributed by atoms with Crippen molar-refractivity contribution in [3.8, 4) is 0 Å². The van der Waals surface area contributed by atoms with Gasteiger partial charge in [-0.15, -0.1) is 0 Å². The molecule has 1 fully saturated rings. The number of halogens is 2. The van der Waals surface area contributed by atoms with Gasteiger partial charge in [-0.2, -0.15) is 0 Å². The van der Waals surface area contributed by atoms with E-state index in [1.807, 2.05) is 24.3 Å². The first-order valence-corrected chi connectivity index (χ1v) is 10.6. The van der Waals surface area contributed by atoms with Gasteiger partial charge in [-0.05, 0) is 42.0 Å². The topological polar surface area (TPSA) is 78.5 Å². The average molecular weight is 453 g/mol. The van der Waals surface area contributed by atoms with Crippen molar-refractivity contribution in [2.45, 2.75) is 6.54 Å². The molecule has 0 radical (unpaired) electrons. The number of anilines is 4. The van der Waals surface area contributed by atoms with Gasteiger partial charge in [0, 0.05) is 56.4 Å². The van der Waals surface area contributed by atoms with E-state index in [4.69, 9.17) is 4.74 Å². The molecular weight excluding hydrogens is 428 g/mol. The number of hydrogen-bond acceptors (Lipinski definition) is 6. The number of hydrogen-bond donors (Lipinski definition) is 3. The van der Waals surface area contributed by atoms with E-state index in [1.165, 1.54) is 25.4 Å². The van der Waals surface area contributed by atoms with Crippen molar-refractivity contribution in [2.75, 3.05) is 48.9 Å². The molecule has 1 amide bonds. The molecule has 3 aromatic rings. The summed E-state index contributed by atoms with van der Waals surface area (Å²) < 4.78 is 32.4. The van der Waals surface area contributed by atoms with E-state index < -0.39 is 11.6 Å². The van der Waals surface area contributed by atoms with Crippen LogP contribution in [0.5, 0.6) is 0 Å². The summed E-state index contributed by atoms with van der Waals surface area (Å²) in [5.41, 5.74) is 3.19. The lowest BCUT2D eigenvalue weighted by Gasteiger charge is -2.28. The van der Waals surface area contributed by atoms with E-state index in [1.54, 1.807) is 6.07 Å². The van der Waals surface area contributed by atoms with E-state index in [9.17, 15) is 13.6 Å². The third-order valence-corrected chi connectivity index (χ3v) is 5.30. The molecule has 1 aliphatic rings. The van der Waals surface area contributed by atoms with Crippen LogP contribution in [-0.4, -0.2) is 44.2 Å². The van der Waals surface area contributed by atoms with Gasteiger partial charge >= 0.3 is 0 Å². The molecule has 1 aliphatic heterocycles. The molecule has 0 atom stereocenters. The fraction of sp³-hybridized carbons (Fsp3) is 0.250. The number of rotatable bonds is 7. The lowest BCUT2D eigenvalue weighted by atomic mass is 10.1. The molecule has 0 spiro atoms. The molecule has 0 bridgehead atoms. The summed E-state index contributed by atoms with van der Waals surface area (Å²) in [6.07, 6.45) is 1.46. The normalized spacial score (nSPS) is 13.5. The summed E-state index contributed by atoms with van der Waals surface area (Å²) in [4.78, 5) is 18.9. The van der Waals surface area contributed by atoms with Crippen LogP contribution < -0.4 is 20.9 Å². The molecule has 3 N–H and O–H groups in total. The molecule has 172 valence electrons. The Labute approximate surface area is 190 Å². The molecule has 0 unspecified atom stereocenters. The minimum atomic E-state index is -0.657. The quantitative estimate of drug-likeness (QED) is 0.504. The summed E-state index contributed by atoms with van der Waals surface area (Å²) in [7, 11) is 1.52. The first kappa shape index (κ1) is 22.5. The van der Waals surface area contributed by atoms with Gasteiger partial charge in [0.15, 0.2) is 0 Å². The van der Waals surface area contributed by atoms with Crippen molar-refractivity contribution in [1.82, 2.24) is 10.3 Å². The standard InChI is InChI=1S/C24H25F2N5O2/c1-27-24(32)21-15-29-23(13-22(21)28-14-16-10-17(25)12-18(26)11-16)30-19-2-4-20(5-3-19)31-6-8-33-9-7-31/h2-5,10-13,15H,6-9,14H2,1H3,(H,27,32)(H2,28,29,30). The fourth-order valence-electron chi connectivity index (χ4n) is 3.62. The molecule has 0 aliphatic carbocycles. The second kappa shape index (κ2) is 10.3.